The predicted molar refractivity (Wildman–Crippen MR) is 110 cm³/mol. The molecule has 1 aliphatic carbocycles. The molecule has 142 valence electrons. The number of benzene rings is 2. The van der Waals surface area contributed by atoms with E-state index in [-0.39, 0.29) is 17.5 Å². The number of para-hydroxylation sites is 2. The summed E-state index contributed by atoms with van der Waals surface area (Å²) in [7, 11) is 0. The van der Waals surface area contributed by atoms with Crippen LogP contribution in [0.15, 0.2) is 59.6 Å². The first-order valence-electron chi connectivity index (χ1n) is 9.67. The van der Waals surface area contributed by atoms with Crippen LogP contribution in [-0.2, 0) is 16.0 Å². The van der Waals surface area contributed by atoms with Gasteiger partial charge >= 0.3 is 0 Å². The Kier molecular flexibility index (Phi) is 5.15. The van der Waals surface area contributed by atoms with Gasteiger partial charge in [-0.2, -0.15) is 0 Å². The van der Waals surface area contributed by atoms with Gasteiger partial charge in [-0.05, 0) is 37.0 Å². The maximum absolute atomic E-state index is 12.7. The van der Waals surface area contributed by atoms with Gasteiger partial charge in [-0.25, -0.2) is 4.98 Å². The van der Waals surface area contributed by atoms with Gasteiger partial charge in [-0.15, -0.1) is 0 Å². The monoisotopic (exact) mass is 373 g/mol. The molecule has 1 saturated carbocycles. The van der Waals surface area contributed by atoms with Gasteiger partial charge in [-0.3, -0.25) is 14.6 Å². The highest BCUT2D eigenvalue weighted by molar-refractivity contribution is 6.22. The van der Waals surface area contributed by atoms with Gasteiger partial charge in [0.15, 0.2) is 0 Å². The van der Waals surface area contributed by atoms with Crippen LogP contribution in [0.2, 0.25) is 0 Å². The van der Waals surface area contributed by atoms with E-state index in [0.717, 1.165) is 22.4 Å². The molecule has 0 aliphatic heterocycles. The molecule has 0 saturated heterocycles. The molecular weight excluding hydrogens is 350 g/mol. The zero-order valence-corrected chi connectivity index (χ0v) is 15.9. The lowest BCUT2D eigenvalue weighted by Gasteiger charge is -2.28. The van der Waals surface area contributed by atoms with E-state index in [1.165, 1.54) is 6.92 Å². The van der Waals surface area contributed by atoms with Crippen LogP contribution in [-0.4, -0.2) is 33.8 Å². The molecule has 28 heavy (non-hydrogen) atoms. The van der Waals surface area contributed by atoms with Crippen LogP contribution in [0.25, 0.3) is 11.0 Å². The van der Waals surface area contributed by atoms with E-state index < -0.39 is 5.92 Å². The number of fused-ring (bicyclic) bond motifs is 1. The molecule has 0 amide bonds. The topological polar surface area (TPSA) is 75.2 Å². The molecule has 1 heterocycles. The number of ketones is 2. The van der Waals surface area contributed by atoms with Gasteiger partial charge in [0.25, 0.3) is 0 Å². The van der Waals surface area contributed by atoms with E-state index in [2.05, 4.69) is 9.97 Å². The van der Waals surface area contributed by atoms with E-state index in [0.29, 0.717) is 31.5 Å². The number of H-pyrrole nitrogens is 1. The van der Waals surface area contributed by atoms with E-state index in [1.54, 1.807) is 0 Å². The third-order valence-corrected chi connectivity index (χ3v) is 5.34. The second-order valence-electron chi connectivity index (χ2n) is 7.35. The van der Waals surface area contributed by atoms with Crippen LogP contribution in [0.3, 0.4) is 0 Å². The van der Waals surface area contributed by atoms with Gasteiger partial charge in [0.05, 0.1) is 11.0 Å². The average Bonchev–Trinajstić information content (AvgIpc) is 3.11. The summed E-state index contributed by atoms with van der Waals surface area (Å²) in [6.07, 6.45) is 1.70. The van der Waals surface area contributed by atoms with Crippen molar-refractivity contribution in [2.75, 3.05) is 6.54 Å². The summed E-state index contributed by atoms with van der Waals surface area (Å²) in [6.45, 7) is 1.99. The summed E-state index contributed by atoms with van der Waals surface area (Å²) in [4.78, 5) is 37.3. The number of aromatic nitrogens is 2. The van der Waals surface area contributed by atoms with Gasteiger partial charge in [0.2, 0.25) is 0 Å². The third kappa shape index (κ3) is 3.79. The summed E-state index contributed by atoms with van der Waals surface area (Å²) in [5.41, 5.74) is 3.78. The Hall–Kier alpha value is -3.08. The van der Waals surface area contributed by atoms with Crippen molar-refractivity contribution in [3.8, 4) is 0 Å². The highest BCUT2D eigenvalue weighted by atomic mass is 16.1. The number of imidazole rings is 1. The van der Waals surface area contributed by atoms with Crippen LogP contribution in [0.4, 0.5) is 0 Å². The number of aliphatic imine (C=N–C) groups is 1. The van der Waals surface area contributed by atoms with Gasteiger partial charge in [0.1, 0.15) is 23.3 Å². The molecule has 1 aromatic heterocycles. The molecule has 0 unspecified atom stereocenters. The number of rotatable bonds is 5. The Bertz CT molecular complexity index is 1000. The maximum atomic E-state index is 12.7. The number of carbonyl (C=O) groups is 2. The zero-order valence-electron chi connectivity index (χ0n) is 15.9. The fourth-order valence-electron chi connectivity index (χ4n) is 4.00. The normalized spacial score (nSPS) is 21.3. The SMILES string of the molecule is CC(=O)[C@H]1C(=O)C[C@H](c2ccccc2)CC1=NCCc1nc2ccccc2[nH]1. The molecular formula is C23H23N3O2. The first-order valence-corrected chi connectivity index (χ1v) is 9.67. The molecule has 0 bridgehead atoms. The minimum Gasteiger partial charge on any atom is -0.342 e. The maximum Gasteiger partial charge on any atom is 0.149 e. The van der Waals surface area contributed by atoms with Crippen molar-refractivity contribution >= 4 is 28.3 Å². The molecule has 0 radical (unpaired) electrons. The van der Waals surface area contributed by atoms with Crippen molar-refractivity contribution in [1.29, 1.82) is 0 Å². The van der Waals surface area contributed by atoms with Crippen molar-refractivity contribution in [2.24, 2.45) is 10.9 Å². The van der Waals surface area contributed by atoms with Gasteiger partial charge in [-0.1, -0.05) is 42.5 Å². The summed E-state index contributed by atoms with van der Waals surface area (Å²) >= 11 is 0. The van der Waals surface area contributed by atoms with E-state index in [9.17, 15) is 9.59 Å². The quantitative estimate of drug-likeness (QED) is 0.689. The highest BCUT2D eigenvalue weighted by Gasteiger charge is 2.36. The second kappa shape index (κ2) is 7.89. The Balaban J connectivity index is 1.52. The number of aromatic amines is 1. The fourth-order valence-corrected chi connectivity index (χ4v) is 4.00. The Morgan fingerprint density at radius 3 is 2.61 bits per heavy atom. The summed E-state index contributed by atoms with van der Waals surface area (Å²) < 4.78 is 0. The average molecular weight is 373 g/mol. The van der Waals surface area contributed by atoms with E-state index >= 15 is 0 Å². The molecule has 1 aliphatic rings. The van der Waals surface area contributed by atoms with Crippen LogP contribution in [0.1, 0.15) is 37.1 Å². The summed E-state index contributed by atoms with van der Waals surface area (Å²) in [5, 5.41) is 0. The van der Waals surface area contributed by atoms with Gasteiger partial charge in [0, 0.05) is 25.1 Å². The minimum absolute atomic E-state index is 0.0184. The van der Waals surface area contributed by atoms with Crippen LogP contribution >= 0.6 is 0 Å². The van der Waals surface area contributed by atoms with Crippen LogP contribution < -0.4 is 0 Å². The first-order chi connectivity index (χ1) is 13.6. The number of carbonyl (C=O) groups excluding carboxylic acids is 2. The standard InChI is InChI=1S/C23H23N3O2/c1-15(27)23-20(13-17(14-21(23)28)16-7-3-2-4-8-16)24-12-11-22-25-18-9-5-6-10-19(18)26-22/h2-10,17,23H,11-14H2,1H3,(H,25,26)/t17-,23-/m1/s1. The van der Waals surface area contributed by atoms with Gasteiger partial charge < -0.3 is 4.98 Å². The lowest BCUT2D eigenvalue weighted by Crippen LogP contribution is -2.37. The lowest BCUT2D eigenvalue weighted by atomic mass is 9.75. The fraction of sp³-hybridized carbons (Fsp3) is 0.304. The van der Waals surface area contributed by atoms with E-state index in [4.69, 9.17) is 4.99 Å². The molecule has 1 N–H and O–H groups in total. The zero-order chi connectivity index (χ0) is 19.5. The molecule has 2 atom stereocenters. The molecule has 0 spiro atoms. The third-order valence-electron chi connectivity index (χ3n) is 5.34. The Labute approximate surface area is 163 Å². The number of nitrogens with one attached hydrogen (secondary N) is 1. The second-order valence-corrected chi connectivity index (χ2v) is 7.35. The number of Topliss-reactive ketones (excluding diaryl/α,β-unsaturated/α-hetero) is 2. The molecule has 1 fully saturated rings. The molecule has 5 nitrogen and oxygen atoms in total. The van der Waals surface area contributed by atoms with E-state index in [1.807, 2.05) is 54.6 Å². The highest BCUT2D eigenvalue weighted by Crippen LogP contribution is 2.32. The first kappa shape index (κ1) is 18.3. The molecule has 4 rings (SSSR count). The van der Waals surface area contributed by atoms with Crippen LogP contribution in [0.5, 0.6) is 0 Å². The Morgan fingerprint density at radius 2 is 1.86 bits per heavy atom. The number of hydrogen-bond donors (Lipinski definition) is 1. The van der Waals surface area contributed by atoms with Crippen molar-refractivity contribution in [3.05, 3.63) is 66.0 Å². The smallest absolute Gasteiger partial charge is 0.149 e. The molecule has 3 aromatic rings. The molecule has 2 aromatic carbocycles. The number of hydrogen-bond acceptors (Lipinski definition) is 4. The van der Waals surface area contributed by atoms with Crippen LogP contribution in [0, 0.1) is 5.92 Å². The Morgan fingerprint density at radius 1 is 1.11 bits per heavy atom. The number of nitrogens with zero attached hydrogens (tertiary/aromatic N) is 2. The largest absolute Gasteiger partial charge is 0.342 e. The van der Waals surface area contributed by atoms with Crippen molar-refractivity contribution in [1.82, 2.24) is 9.97 Å². The van der Waals surface area contributed by atoms with Crippen molar-refractivity contribution in [2.45, 2.75) is 32.1 Å². The predicted octanol–water partition coefficient (Wildman–Crippen LogP) is 3.90. The lowest BCUT2D eigenvalue weighted by molar-refractivity contribution is -0.129. The molecule has 5 heteroatoms. The summed E-state index contributed by atoms with van der Waals surface area (Å²) in [5.74, 6) is 0.144. The van der Waals surface area contributed by atoms with Crippen molar-refractivity contribution in [3.63, 3.8) is 0 Å². The van der Waals surface area contributed by atoms with Crippen molar-refractivity contribution < 1.29 is 9.59 Å². The summed E-state index contributed by atoms with van der Waals surface area (Å²) in [6, 6.07) is 17.9. The minimum atomic E-state index is -0.685.